The Hall–Kier alpha value is -1.86. The first-order chi connectivity index (χ1) is 18.0. The number of ether oxygens (including phenoxy) is 1. The average Bonchev–Trinajstić information content (AvgIpc) is 3.37. The van der Waals surface area contributed by atoms with E-state index >= 15 is 0 Å². The van der Waals surface area contributed by atoms with Crippen molar-refractivity contribution in [2.45, 2.75) is 33.6 Å². The van der Waals surface area contributed by atoms with Gasteiger partial charge in [-0.1, -0.05) is 37.6 Å². The van der Waals surface area contributed by atoms with Crippen molar-refractivity contribution < 1.29 is 23.6 Å². The second-order valence-corrected chi connectivity index (χ2v) is 11.4. The number of aldehydes is 1. The van der Waals surface area contributed by atoms with Crippen LogP contribution >= 0.6 is 31.2 Å². The predicted molar refractivity (Wildman–Crippen MR) is 155 cm³/mol. The van der Waals surface area contributed by atoms with Crippen molar-refractivity contribution in [2.75, 3.05) is 38.6 Å². The zero-order valence-corrected chi connectivity index (χ0v) is 24.5. The largest absolute Gasteiger partial charge is 0.400 e. The summed E-state index contributed by atoms with van der Waals surface area (Å²) in [6.45, 7) is 8.27. The zero-order chi connectivity index (χ0) is 27.4. The van der Waals surface area contributed by atoms with E-state index in [4.69, 9.17) is 26.0 Å². The molecule has 0 radical (unpaired) electrons. The quantitative estimate of drug-likeness (QED) is 0.226. The van der Waals surface area contributed by atoms with E-state index in [1.54, 1.807) is 19.2 Å². The van der Waals surface area contributed by atoms with Gasteiger partial charge in [0.25, 0.3) is 0 Å². The molecule has 4 rings (SSSR count). The number of hydrogen-bond donors (Lipinski definition) is 1. The molecule has 0 aliphatic carbocycles. The third-order valence-electron chi connectivity index (χ3n) is 5.78. The minimum atomic E-state index is -1.21. The van der Waals surface area contributed by atoms with Crippen molar-refractivity contribution in [3.63, 3.8) is 0 Å². The van der Waals surface area contributed by atoms with E-state index in [-0.39, 0.29) is 5.82 Å². The summed E-state index contributed by atoms with van der Waals surface area (Å²) in [5.74, 6) is 0.147. The van der Waals surface area contributed by atoms with Crippen molar-refractivity contribution in [2.24, 2.45) is 5.92 Å². The van der Waals surface area contributed by atoms with Crippen LogP contribution in [0.25, 0.3) is 10.4 Å². The predicted octanol–water partition coefficient (Wildman–Crippen LogP) is 7.48. The molecule has 0 saturated carbocycles. The van der Waals surface area contributed by atoms with Crippen LogP contribution in [0.3, 0.4) is 0 Å². The summed E-state index contributed by atoms with van der Waals surface area (Å²) < 4.78 is 27.4. The Bertz CT molecular complexity index is 1110. The molecular formula is C28H36ClFNO4PS. The number of anilines is 1. The van der Waals surface area contributed by atoms with Crippen LogP contribution in [0.1, 0.15) is 41.9 Å². The van der Waals surface area contributed by atoms with Crippen molar-refractivity contribution in [1.29, 1.82) is 0 Å². The van der Waals surface area contributed by atoms with Gasteiger partial charge in [0.15, 0.2) is 14.6 Å². The fraction of sp³-hybridized carbons (Fsp3) is 0.393. The number of rotatable bonds is 8. The van der Waals surface area contributed by atoms with Gasteiger partial charge in [0.2, 0.25) is 0 Å². The van der Waals surface area contributed by atoms with Gasteiger partial charge in [0, 0.05) is 49.2 Å². The Labute approximate surface area is 230 Å². The third kappa shape index (κ3) is 8.31. The lowest BCUT2D eigenvalue weighted by Gasteiger charge is -2.36. The number of carbonyl (C=O) groups excluding carboxylic acids is 1. The maximum atomic E-state index is 13.5. The fourth-order valence-corrected chi connectivity index (χ4v) is 7.28. The second kappa shape index (κ2) is 16.2. The summed E-state index contributed by atoms with van der Waals surface area (Å²) in [5, 5.41) is 8.75. The Kier molecular flexibility index (Phi) is 13.7. The van der Waals surface area contributed by atoms with E-state index in [1.165, 1.54) is 23.5 Å². The van der Waals surface area contributed by atoms with Crippen molar-refractivity contribution in [3.05, 3.63) is 69.8 Å². The molecule has 0 amide bonds. The van der Waals surface area contributed by atoms with Crippen LogP contribution in [0.5, 0.6) is 0 Å². The Morgan fingerprint density at radius 1 is 1.16 bits per heavy atom. The molecule has 1 aliphatic rings. The normalized spacial score (nSPS) is 14.1. The maximum absolute atomic E-state index is 13.5. The molecule has 1 atom stereocenters. The number of halogens is 2. The van der Waals surface area contributed by atoms with E-state index < -0.39 is 8.30 Å². The molecule has 2 aromatic carbocycles. The molecule has 1 saturated heterocycles. The van der Waals surface area contributed by atoms with E-state index in [1.807, 2.05) is 45.0 Å². The topological polar surface area (TPSA) is 59.0 Å². The van der Waals surface area contributed by atoms with Crippen LogP contribution in [-0.2, 0) is 9.26 Å². The molecule has 5 nitrogen and oxygen atoms in total. The molecule has 1 fully saturated rings. The van der Waals surface area contributed by atoms with E-state index in [2.05, 4.69) is 4.67 Å². The van der Waals surface area contributed by atoms with Gasteiger partial charge in [-0.25, -0.2) is 4.39 Å². The molecule has 202 valence electrons. The molecule has 0 bridgehead atoms. The number of aryl methyl sites for hydroxylation is 1. The summed E-state index contributed by atoms with van der Waals surface area (Å²) in [5.41, 5.74) is 2.78. The summed E-state index contributed by atoms with van der Waals surface area (Å²) in [6, 6.07) is 14.2. The highest BCUT2D eigenvalue weighted by molar-refractivity contribution is 7.62. The van der Waals surface area contributed by atoms with E-state index in [0.29, 0.717) is 15.8 Å². The van der Waals surface area contributed by atoms with Gasteiger partial charge < -0.3 is 19.0 Å². The van der Waals surface area contributed by atoms with Gasteiger partial charge in [0.05, 0.1) is 10.6 Å². The average molecular weight is 568 g/mol. The first kappa shape index (κ1) is 31.4. The second-order valence-electron chi connectivity index (χ2n) is 8.01. The highest BCUT2D eigenvalue weighted by atomic mass is 35.5. The molecule has 2 heterocycles. The molecule has 1 aliphatic heterocycles. The van der Waals surface area contributed by atoms with Crippen LogP contribution in [0, 0.1) is 18.7 Å². The SMILES string of the molecule is CC.CO.COP(c1ccc(Cl)cc1C)N(CC1CCOCC1)c1cc(-c2ccc(F)cc2)sc1C=O. The molecule has 1 N–H and O–H groups in total. The van der Waals surface area contributed by atoms with Gasteiger partial charge >= 0.3 is 0 Å². The highest BCUT2D eigenvalue weighted by Gasteiger charge is 2.30. The van der Waals surface area contributed by atoms with E-state index in [9.17, 15) is 9.18 Å². The smallest absolute Gasteiger partial charge is 0.166 e. The maximum Gasteiger partial charge on any atom is 0.166 e. The number of carbonyl (C=O) groups is 1. The third-order valence-corrected chi connectivity index (χ3v) is 9.19. The summed E-state index contributed by atoms with van der Waals surface area (Å²) in [4.78, 5) is 13.7. The lowest BCUT2D eigenvalue weighted by molar-refractivity contribution is 0.0690. The van der Waals surface area contributed by atoms with Gasteiger partial charge in [-0.05, 0) is 73.2 Å². The minimum Gasteiger partial charge on any atom is -0.400 e. The van der Waals surface area contributed by atoms with Crippen LogP contribution < -0.4 is 9.97 Å². The van der Waals surface area contributed by atoms with Crippen LogP contribution in [0.15, 0.2) is 48.5 Å². The molecule has 37 heavy (non-hydrogen) atoms. The number of benzene rings is 2. The van der Waals surface area contributed by atoms with Crippen molar-refractivity contribution in [3.8, 4) is 10.4 Å². The summed E-state index contributed by atoms with van der Waals surface area (Å²) in [6.07, 6.45) is 2.84. The van der Waals surface area contributed by atoms with Crippen molar-refractivity contribution >= 4 is 48.5 Å². The number of hydrogen-bond acceptors (Lipinski definition) is 6. The molecule has 9 heteroatoms. The zero-order valence-electron chi connectivity index (χ0n) is 22.0. The summed E-state index contributed by atoms with van der Waals surface area (Å²) in [7, 11) is 1.50. The van der Waals surface area contributed by atoms with E-state index in [0.717, 1.165) is 73.0 Å². The van der Waals surface area contributed by atoms with Gasteiger partial charge in [-0.3, -0.25) is 4.79 Å². The van der Waals surface area contributed by atoms with Gasteiger partial charge in [-0.15, -0.1) is 11.3 Å². The summed E-state index contributed by atoms with van der Waals surface area (Å²) >= 11 is 7.63. The molecule has 1 aromatic heterocycles. The minimum absolute atomic E-state index is 0.284. The van der Waals surface area contributed by atoms with Crippen LogP contribution in [-0.4, -0.2) is 45.4 Å². The lowest BCUT2D eigenvalue weighted by Crippen LogP contribution is -2.32. The Balaban J connectivity index is 0.00000115. The van der Waals surface area contributed by atoms with Crippen molar-refractivity contribution in [1.82, 2.24) is 0 Å². The number of nitrogens with zero attached hydrogens (tertiary/aromatic N) is 1. The van der Waals surface area contributed by atoms with Crippen LogP contribution in [0.4, 0.5) is 10.1 Å². The van der Waals surface area contributed by atoms with Gasteiger partial charge in [-0.2, -0.15) is 0 Å². The lowest BCUT2D eigenvalue weighted by atomic mass is 10.0. The number of aliphatic hydroxyl groups is 1. The molecule has 1 unspecified atom stereocenters. The fourth-order valence-electron chi connectivity index (χ4n) is 4.04. The molecular weight excluding hydrogens is 532 g/mol. The van der Waals surface area contributed by atoms with Crippen LogP contribution in [0.2, 0.25) is 5.02 Å². The monoisotopic (exact) mass is 567 g/mol. The number of thiophene rings is 1. The molecule has 3 aromatic rings. The Morgan fingerprint density at radius 3 is 2.38 bits per heavy atom. The van der Waals surface area contributed by atoms with Gasteiger partial charge in [0.1, 0.15) is 5.82 Å². The highest BCUT2D eigenvalue weighted by Crippen LogP contribution is 2.49. The number of aliphatic hydroxyl groups excluding tert-OH is 1. The Morgan fingerprint density at radius 2 is 1.81 bits per heavy atom. The standard InChI is InChI=1S/C25H26ClFNO3PS.C2H6.CH4O/c1-17-13-20(26)5-8-23(17)32(30-2)28(15-18-9-11-31-12-10-18)22-14-24(33-25(22)16-29)19-3-6-21(27)7-4-19;2*1-2/h3-8,13-14,16,18H,9-12,15H2,1-2H3;1-2H3;2H,1H3. The first-order valence-corrected chi connectivity index (χ1v) is 14.7. The molecule has 0 spiro atoms. The first-order valence-electron chi connectivity index (χ1n) is 12.3.